The summed E-state index contributed by atoms with van der Waals surface area (Å²) in [5.74, 6) is -0.308. The topological polar surface area (TPSA) is 78.0 Å². The standard InChI is InChI=1S/C7H7N3O3/c11-6-2-1-3-9-5(6)4-7(8-9)10(12)13/h4H,1-3H2. The summed E-state index contributed by atoms with van der Waals surface area (Å²) in [5.41, 5.74) is 0.359. The molecule has 1 aromatic heterocycles. The van der Waals surface area contributed by atoms with Crippen LogP contribution in [0.4, 0.5) is 5.82 Å². The number of aryl methyl sites for hydroxylation is 1. The molecule has 0 saturated carbocycles. The number of ketones is 1. The average molecular weight is 181 g/mol. The van der Waals surface area contributed by atoms with Crippen LogP contribution in [0, 0.1) is 10.1 Å². The molecule has 0 atom stereocenters. The molecule has 0 unspecified atom stereocenters. The molecule has 0 N–H and O–H groups in total. The second-order valence-electron chi connectivity index (χ2n) is 2.89. The maximum atomic E-state index is 11.2. The molecule has 13 heavy (non-hydrogen) atoms. The zero-order chi connectivity index (χ0) is 9.42. The van der Waals surface area contributed by atoms with E-state index in [-0.39, 0.29) is 11.6 Å². The Balaban J connectivity index is 2.48. The van der Waals surface area contributed by atoms with Crippen molar-refractivity contribution in [3.63, 3.8) is 0 Å². The third kappa shape index (κ3) is 1.20. The molecule has 6 nitrogen and oxygen atoms in total. The molecule has 0 saturated heterocycles. The van der Waals surface area contributed by atoms with Gasteiger partial charge in [0.15, 0.2) is 5.78 Å². The van der Waals surface area contributed by atoms with E-state index in [2.05, 4.69) is 5.10 Å². The van der Waals surface area contributed by atoms with Crippen LogP contribution in [0.1, 0.15) is 23.3 Å². The molecule has 0 aliphatic carbocycles. The van der Waals surface area contributed by atoms with Crippen LogP contribution in [0.3, 0.4) is 0 Å². The number of hydrogen-bond acceptors (Lipinski definition) is 4. The Kier molecular flexibility index (Phi) is 1.61. The van der Waals surface area contributed by atoms with Gasteiger partial charge < -0.3 is 10.1 Å². The van der Waals surface area contributed by atoms with Gasteiger partial charge in [-0.2, -0.15) is 4.68 Å². The second-order valence-corrected chi connectivity index (χ2v) is 2.89. The van der Waals surface area contributed by atoms with Gasteiger partial charge in [-0.1, -0.05) is 0 Å². The highest BCUT2D eigenvalue weighted by Gasteiger charge is 2.25. The Bertz CT molecular complexity index is 382. The van der Waals surface area contributed by atoms with Crippen LogP contribution in [0.25, 0.3) is 0 Å². The molecule has 2 heterocycles. The van der Waals surface area contributed by atoms with Crippen LogP contribution in [0.5, 0.6) is 0 Å². The van der Waals surface area contributed by atoms with Gasteiger partial charge in [-0.25, -0.2) is 0 Å². The molecule has 0 radical (unpaired) electrons. The third-order valence-electron chi connectivity index (χ3n) is 2.01. The predicted molar refractivity (Wildman–Crippen MR) is 42.4 cm³/mol. The number of nitrogens with zero attached hydrogens (tertiary/aromatic N) is 3. The summed E-state index contributed by atoms with van der Waals surface area (Å²) in [6.45, 7) is 0.592. The summed E-state index contributed by atoms with van der Waals surface area (Å²) in [7, 11) is 0. The number of fused-ring (bicyclic) bond motifs is 1. The van der Waals surface area contributed by atoms with E-state index in [1.807, 2.05) is 0 Å². The summed E-state index contributed by atoms with van der Waals surface area (Å²) < 4.78 is 1.41. The molecular weight excluding hydrogens is 174 g/mol. The van der Waals surface area contributed by atoms with E-state index < -0.39 is 4.92 Å². The SMILES string of the molecule is O=C1CCCn2nc([N+](=O)[O-])cc21. The molecule has 2 rings (SSSR count). The normalized spacial score (nSPS) is 15.5. The molecule has 0 fully saturated rings. The summed E-state index contributed by atoms with van der Waals surface area (Å²) in [6.07, 6.45) is 1.17. The molecule has 68 valence electrons. The van der Waals surface area contributed by atoms with Gasteiger partial charge in [-0.05, 0) is 11.3 Å². The first-order chi connectivity index (χ1) is 6.18. The molecule has 6 heteroatoms. The molecule has 1 aromatic rings. The van der Waals surface area contributed by atoms with Crippen molar-refractivity contribution in [2.45, 2.75) is 19.4 Å². The third-order valence-corrected chi connectivity index (χ3v) is 2.01. The van der Waals surface area contributed by atoms with Gasteiger partial charge in [0.05, 0.1) is 17.7 Å². The second kappa shape index (κ2) is 2.65. The smallest absolute Gasteiger partial charge is 0.358 e. The Morgan fingerprint density at radius 2 is 2.38 bits per heavy atom. The maximum absolute atomic E-state index is 11.2. The largest absolute Gasteiger partial charge is 0.390 e. The van der Waals surface area contributed by atoms with E-state index in [1.165, 1.54) is 10.7 Å². The Morgan fingerprint density at radius 3 is 3.00 bits per heavy atom. The number of carbonyl (C=O) groups is 1. The quantitative estimate of drug-likeness (QED) is 0.473. The Labute approximate surface area is 73.3 Å². The van der Waals surface area contributed by atoms with E-state index in [4.69, 9.17) is 0 Å². The fraction of sp³-hybridized carbons (Fsp3) is 0.429. The molecule has 1 aliphatic rings. The van der Waals surface area contributed by atoms with Crippen molar-refractivity contribution >= 4 is 11.6 Å². The first-order valence-corrected chi connectivity index (χ1v) is 3.94. The van der Waals surface area contributed by atoms with Crippen molar-refractivity contribution in [3.05, 3.63) is 21.9 Å². The van der Waals surface area contributed by atoms with Crippen molar-refractivity contribution in [2.75, 3.05) is 0 Å². The van der Waals surface area contributed by atoms with Crippen molar-refractivity contribution in [3.8, 4) is 0 Å². The number of Topliss-reactive ketones (excluding diaryl/α,β-unsaturated/α-hetero) is 1. The average Bonchev–Trinajstić information content (AvgIpc) is 2.49. The lowest BCUT2D eigenvalue weighted by molar-refractivity contribution is -0.389. The minimum Gasteiger partial charge on any atom is -0.358 e. The van der Waals surface area contributed by atoms with Gasteiger partial charge in [0.2, 0.25) is 0 Å². The van der Waals surface area contributed by atoms with Gasteiger partial charge in [0.25, 0.3) is 0 Å². The van der Waals surface area contributed by atoms with Gasteiger partial charge in [0.1, 0.15) is 5.69 Å². The lowest BCUT2D eigenvalue weighted by Crippen LogP contribution is -2.16. The number of nitro groups is 1. The zero-order valence-corrected chi connectivity index (χ0v) is 6.77. The molecule has 0 amide bonds. The maximum Gasteiger partial charge on any atom is 0.390 e. The van der Waals surface area contributed by atoms with E-state index in [9.17, 15) is 14.9 Å². The van der Waals surface area contributed by atoms with Gasteiger partial charge in [-0.15, -0.1) is 0 Å². The summed E-state index contributed by atoms with van der Waals surface area (Å²) >= 11 is 0. The van der Waals surface area contributed by atoms with Crippen LogP contribution < -0.4 is 0 Å². The van der Waals surface area contributed by atoms with Gasteiger partial charge in [-0.3, -0.25) is 4.79 Å². The first kappa shape index (κ1) is 7.90. The first-order valence-electron chi connectivity index (χ1n) is 3.94. The summed E-state index contributed by atoms with van der Waals surface area (Å²) in [5, 5.41) is 14.0. The Morgan fingerprint density at radius 1 is 1.62 bits per heavy atom. The minimum absolute atomic E-state index is 0.0631. The molecular formula is C7H7N3O3. The summed E-state index contributed by atoms with van der Waals surface area (Å²) in [6, 6.07) is 1.24. The molecule has 0 bridgehead atoms. The van der Waals surface area contributed by atoms with Crippen LogP contribution in [-0.2, 0) is 6.54 Å². The van der Waals surface area contributed by atoms with Crippen molar-refractivity contribution in [2.24, 2.45) is 0 Å². The van der Waals surface area contributed by atoms with Gasteiger partial charge in [0, 0.05) is 6.42 Å². The van der Waals surface area contributed by atoms with Crippen LogP contribution in [-0.4, -0.2) is 20.5 Å². The van der Waals surface area contributed by atoms with Crippen LogP contribution >= 0.6 is 0 Å². The van der Waals surface area contributed by atoms with E-state index in [1.54, 1.807) is 0 Å². The monoisotopic (exact) mass is 181 g/mol. The molecule has 1 aliphatic heterocycles. The fourth-order valence-electron chi connectivity index (χ4n) is 1.40. The van der Waals surface area contributed by atoms with E-state index in [0.29, 0.717) is 25.1 Å². The van der Waals surface area contributed by atoms with Crippen LogP contribution in [0.15, 0.2) is 6.07 Å². The van der Waals surface area contributed by atoms with Crippen molar-refractivity contribution in [1.29, 1.82) is 0 Å². The predicted octanol–water partition coefficient (Wildman–Crippen LogP) is 0.768. The van der Waals surface area contributed by atoms with E-state index in [0.717, 1.165) is 0 Å². The van der Waals surface area contributed by atoms with Crippen molar-refractivity contribution < 1.29 is 9.72 Å². The van der Waals surface area contributed by atoms with E-state index >= 15 is 0 Å². The molecule has 0 aromatic carbocycles. The zero-order valence-electron chi connectivity index (χ0n) is 6.77. The lowest BCUT2D eigenvalue weighted by atomic mass is 10.1. The summed E-state index contributed by atoms with van der Waals surface area (Å²) in [4.78, 5) is 21.0. The number of aromatic nitrogens is 2. The highest BCUT2D eigenvalue weighted by Crippen LogP contribution is 2.18. The number of carbonyl (C=O) groups excluding carboxylic acids is 1. The van der Waals surface area contributed by atoms with Crippen molar-refractivity contribution in [1.82, 2.24) is 9.78 Å². The number of hydrogen-bond donors (Lipinski definition) is 0. The minimum atomic E-state index is -0.585. The fourth-order valence-corrected chi connectivity index (χ4v) is 1.40. The highest BCUT2D eigenvalue weighted by molar-refractivity contribution is 5.95. The van der Waals surface area contributed by atoms with Crippen LogP contribution in [0.2, 0.25) is 0 Å². The Hall–Kier alpha value is -1.72. The highest BCUT2D eigenvalue weighted by atomic mass is 16.6. The lowest BCUT2D eigenvalue weighted by Gasteiger charge is -2.06. The molecule has 0 spiro atoms. The number of rotatable bonds is 1. The van der Waals surface area contributed by atoms with Gasteiger partial charge >= 0.3 is 5.82 Å².